The van der Waals surface area contributed by atoms with Crippen molar-refractivity contribution < 1.29 is 10.2 Å². The van der Waals surface area contributed by atoms with Gasteiger partial charge in [-0.1, -0.05) is 6.92 Å². The first-order valence-corrected chi connectivity index (χ1v) is 8.21. The molecule has 0 aliphatic rings. The molecule has 0 aliphatic heterocycles. The van der Waals surface area contributed by atoms with Crippen LogP contribution in [-0.2, 0) is 6.42 Å². The fourth-order valence-corrected chi connectivity index (χ4v) is 2.95. The summed E-state index contributed by atoms with van der Waals surface area (Å²) in [6.45, 7) is 6.34. The molecule has 0 radical (unpaired) electrons. The Bertz CT molecular complexity index is 831. The molecule has 2 aromatic carbocycles. The molecule has 1 heterocycles. The van der Waals surface area contributed by atoms with Gasteiger partial charge < -0.3 is 10.2 Å². The van der Waals surface area contributed by atoms with E-state index in [9.17, 15) is 10.2 Å². The van der Waals surface area contributed by atoms with Crippen LogP contribution >= 0.6 is 0 Å². The van der Waals surface area contributed by atoms with Gasteiger partial charge >= 0.3 is 0 Å². The lowest BCUT2D eigenvalue weighted by Gasteiger charge is -2.12. The van der Waals surface area contributed by atoms with Gasteiger partial charge in [0.2, 0.25) is 0 Å². The average Bonchev–Trinajstić information content (AvgIpc) is 2.96. The SMILES string of the molecule is CCc1c(-c2ccc(O)cc2)nn(C(C)C)c1-c1ccc(O)cc1. The van der Waals surface area contributed by atoms with E-state index >= 15 is 0 Å². The van der Waals surface area contributed by atoms with Gasteiger partial charge in [-0.2, -0.15) is 5.10 Å². The molecule has 0 aliphatic carbocycles. The molecular formula is C20H22N2O2. The highest BCUT2D eigenvalue weighted by molar-refractivity contribution is 5.75. The molecule has 0 saturated carbocycles. The summed E-state index contributed by atoms with van der Waals surface area (Å²) in [5, 5.41) is 24.0. The third-order valence-corrected chi connectivity index (χ3v) is 4.13. The smallest absolute Gasteiger partial charge is 0.115 e. The van der Waals surface area contributed by atoms with Crippen LogP contribution in [0.2, 0.25) is 0 Å². The first-order chi connectivity index (χ1) is 11.5. The minimum absolute atomic E-state index is 0.213. The van der Waals surface area contributed by atoms with Crippen molar-refractivity contribution in [3.8, 4) is 34.0 Å². The number of benzene rings is 2. The standard InChI is InChI=1S/C20H22N2O2/c1-4-18-19(14-5-9-16(23)10-6-14)21-22(13(2)3)20(18)15-7-11-17(24)12-8-15/h5-13,23-24H,4H2,1-3H3. The maximum Gasteiger partial charge on any atom is 0.115 e. The lowest BCUT2D eigenvalue weighted by molar-refractivity contribution is 0.475. The second-order valence-electron chi connectivity index (χ2n) is 6.16. The van der Waals surface area contributed by atoms with Crippen molar-refractivity contribution in [1.82, 2.24) is 9.78 Å². The van der Waals surface area contributed by atoms with Gasteiger partial charge in [0.25, 0.3) is 0 Å². The second kappa shape index (κ2) is 6.40. The van der Waals surface area contributed by atoms with Crippen molar-refractivity contribution in [2.45, 2.75) is 33.2 Å². The molecule has 0 atom stereocenters. The molecule has 2 N–H and O–H groups in total. The van der Waals surface area contributed by atoms with Gasteiger partial charge in [-0.3, -0.25) is 4.68 Å². The van der Waals surface area contributed by atoms with Gasteiger partial charge in [-0.05, 0) is 68.8 Å². The zero-order valence-corrected chi connectivity index (χ0v) is 14.2. The van der Waals surface area contributed by atoms with Gasteiger partial charge in [-0.15, -0.1) is 0 Å². The van der Waals surface area contributed by atoms with Crippen LogP contribution in [0.15, 0.2) is 48.5 Å². The number of hydrogen-bond donors (Lipinski definition) is 2. The maximum atomic E-state index is 9.57. The Morgan fingerprint density at radius 2 is 1.38 bits per heavy atom. The minimum Gasteiger partial charge on any atom is -0.508 e. The molecule has 0 saturated heterocycles. The summed E-state index contributed by atoms with van der Waals surface area (Å²) in [7, 11) is 0. The predicted molar refractivity (Wildman–Crippen MR) is 96.2 cm³/mol. The van der Waals surface area contributed by atoms with Crippen LogP contribution in [-0.4, -0.2) is 20.0 Å². The van der Waals surface area contributed by atoms with E-state index in [1.807, 2.05) is 28.9 Å². The van der Waals surface area contributed by atoms with Crippen LogP contribution < -0.4 is 0 Å². The van der Waals surface area contributed by atoms with Crippen LogP contribution in [0.25, 0.3) is 22.5 Å². The van der Waals surface area contributed by atoms with Gasteiger partial charge in [0.15, 0.2) is 0 Å². The van der Waals surface area contributed by atoms with Crippen molar-refractivity contribution in [1.29, 1.82) is 0 Å². The fourth-order valence-electron chi connectivity index (χ4n) is 2.95. The van der Waals surface area contributed by atoms with Crippen LogP contribution in [0, 0.1) is 0 Å². The van der Waals surface area contributed by atoms with Gasteiger partial charge in [0.1, 0.15) is 11.5 Å². The van der Waals surface area contributed by atoms with E-state index in [0.29, 0.717) is 0 Å². The van der Waals surface area contributed by atoms with Crippen LogP contribution in [0.1, 0.15) is 32.4 Å². The Hall–Kier alpha value is -2.75. The number of aromatic hydroxyl groups is 2. The van der Waals surface area contributed by atoms with E-state index in [1.165, 1.54) is 5.56 Å². The number of hydrogen-bond acceptors (Lipinski definition) is 3. The molecule has 0 unspecified atom stereocenters. The summed E-state index contributed by atoms with van der Waals surface area (Å²) in [6, 6.07) is 14.6. The zero-order valence-electron chi connectivity index (χ0n) is 14.2. The van der Waals surface area contributed by atoms with E-state index in [1.54, 1.807) is 24.3 Å². The summed E-state index contributed by atoms with van der Waals surface area (Å²) < 4.78 is 2.04. The van der Waals surface area contributed by atoms with E-state index in [0.717, 1.165) is 28.9 Å². The van der Waals surface area contributed by atoms with Gasteiger partial charge in [0.05, 0.1) is 11.4 Å². The Morgan fingerprint density at radius 1 is 0.875 bits per heavy atom. The molecule has 1 aromatic heterocycles. The number of phenolic OH excluding ortho intramolecular Hbond substituents is 2. The molecule has 3 aromatic rings. The summed E-state index contributed by atoms with van der Waals surface area (Å²) in [6.07, 6.45) is 0.846. The highest BCUT2D eigenvalue weighted by Crippen LogP contribution is 2.35. The number of nitrogens with zero attached hydrogens (tertiary/aromatic N) is 2. The monoisotopic (exact) mass is 322 g/mol. The lowest BCUT2D eigenvalue weighted by atomic mass is 9.99. The first-order valence-electron chi connectivity index (χ1n) is 8.21. The quantitative estimate of drug-likeness (QED) is 0.727. The van der Waals surface area contributed by atoms with Crippen molar-refractivity contribution in [3.05, 3.63) is 54.1 Å². The average molecular weight is 322 g/mol. The minimum atomic E-state index is 0.213. The van der Waals surface area contributed by atoms with E-state index in [-0.39, 0.29) is 17.5 Å². The highest BCUT2D eigenvalue weighted by atomic mass is 16.3. The number of aromatic nitrogens is 2. The van der Waals surface area contributed by atoms with Crippen LogP contribution in [0.4, 0.5) is 0 Å². The van der Waals surface area contributed by atoms with E-state index in [2.05, 4.69) is 20.8 Å². The van der Waals surface area contributed by atoms with Gasteiger partial charge in [-0.25, -0.2) is 0 Å². The molecule has 3 rings (SSSR count). The first kappa shape index (κ1) is 16.1. The summed E-state index contributed by atoms with van der Waals surface area (Å²) in [4.78, 5) is 0. The topological polar surface area (TPSA) is 58.3 Å². The fraction of sp³-hybridized carbons (Fsp3) is 0.250. The molecule has 0 amide bonds. The number of rotatable bonds is 4. The molecule has 0 fully saturated rings. The Kier molecular flexibility index (Phi) is 4.30. The second-order valence-corrected chi connectivity index (χ2v) is 6.16. The Balaban J connectivity index is 2.23. The Labute approximate surface area is 142 Å². The Morgan fingerprint density at radius 3 is 1.83 bits per heavy atom. The third kappa shape index (κ3) is 2.87. The predicted octanol–water partition coefficient (Wildman–Crippen LogP) is 4.77. The van der Waals surface area contributed by atoms with E-state index < -0.39 is 0 Å². The summed E-state index contributed by atoms with van der Waals surface area (Å²) in [5.41, 5.74) is 5.21. The third-order valence-electron chi connectivity index (χ3n) is 4.13. The molecule has 4 heteroatoms. The largest absolute Gasteiger partial charge is 0.508 e. The van der Waals surface area contributed by atoms with Crippen molar-refractivity contribution >= 4 is 0 Å². The summed E-state index contributed by atoms with van der Waals surface area (Å²) in [5.74, 6) is 0.505. The molecule has 0 bridgehead atoms. The highest BCUT2D eigenvalue weighted by Gasteiger charge is 2.20. The van der Waals surface area contributed by atoms with Crippen molar-refractivity contribution in [3.63, 3.8) is 0 Å². The molecule has 24 heavy (non-hydrogen) atoms. The molecule has 4 nitrogen and oxygen atoms in total. The van der Waals surface area contributed by atoms with Gasteiger partial charge in [0, 0.05) is 22.7 Å². The maximum absolute atomic E-state index is 9.57. The van der Waals surface area contributed by atoms with Crippen LogP contribution in [0.5, 0.6) is 11.5 Å². The zero-order chi connectivity index (χ0) is 17.3. The normalized spacial score (nSPS) is 11.2. The molecule has 0 spiro atoms. The van der Waals surface area contributed by atoms with E-state index in [4.69, 9.17) is 5.10 Å². The van der Waals surface area contributed by atoms with Crippen molar-refractivity contribution in [2.24, 2.45) is 0 Å². The van der Waals surface area contributed by atoms with Crippen molar-refractivity contribution in [2.75, 3.05) is 0 Å². The lowest BCUT2D eigenvalue weighted by Crippen LogP contribution is -2.05. The summed E-state index contributed by atoms with van der Waals surface area (Å²) >= 11 is 0. The molecular weight excluding hydrogens is 300 g/mol. The van der Waals surface area contributed by atoms with Crippen LogP contribution in [0.3, 0.4) is 0 Å². The molecule has 124 valence electrons. The number of phenols is 2.